The fourth-order valence-electron chi connectivity index (χ4n) is 5.12. The maximum atomic E-state index is 13.0. The first-order valence-electron chi connectivity index (χ1n) is 12.2. The number of fused-ring (bicyclic) bond motifs is 1. The van der Waals surface area contributed by atoms with E-state index in [-0.39, 0.29) is 12.3 Å². The molecule has 1 unspecified atom stereocenters. The van der Waals surface area contributed by atoms with Crippen LogP contribution in [0.2, 0.25) is 0 Å². The van der Waals surface area contributed by atoms with Gasteiger partial charge in [0.05, 0.1) is 29.8 Å². The summed E-state index contributed by atoms with van der Waals surface area (Å²) in [5.74, 6) is -0.454. The van der Waals surface area contributed by atoms with Gasteiger partial charge < -0.3 is 15.0 Å². The third-order valence-corrected chi connectivity index (χ3v) is 6.97. The number of carboxylic acids is 1. The minimum absolute atomic E-state index is 0.0700. The second-order valence-corrected chi connectivity index (χ2v) is 9.29. The van der Waals surface area contributed by atoms with Crippen molar-refractivity contribution in [2.45, 2.75) is 50.5 Å². The van der Waals surface area contributed by atoms with Crippen LogP contribution in [0.5, 0.6) is 0 Å². The summed E-state index contributed by atoms with van der Waals surface area (Å²) in [6.07, 6.45) is 7.94. The Bertz CT molecular complexity index is 1320. The summed E-state index contributed by atoms with van der Waals surface area (Å²) in [4.78, 5) is 29.0. The van der Waals surface area contributed by atoms with E-state index in [0.717, 1.165) is 16.6 Å². The van der Waals surface area contributed by atoms with E-state index in [2.05, 4.69) is 22.4 Å². The van der Waals surface area contributed by atoms with Gasteiger partial charge in [-0.25, -0.2) is 4.98 Å². The highest BCUT2D eigenvalue weighted by atomic mass is 16.4. The summed E-state index contributed by atoms with van der Waals surface area (Å²) < 4.78 is 1.87. The van der Waals surface area contributed by atoms with Gasteiger partial charge in [0, 0.05) is 11.3 Å². The van der Waals surface area contributed by atoms with Gasteiger partial charge >= 0.3 is 5.97 Å². The molecule has 6 heteroatoms. The van der Waals surface area contributed by atoms with Crippen molar-refractivity contribution in [3.63, 3.8) is 0 Å². The third-order valence-electron chi connectivity index (χ3n) is 6.97. The van der Waals surface area contributed by atoms with Crippen molar-refractivity contribution in [3.8, 4) is 0 Å². The smallest absolute Gasteiger partial charge is 0.305 e. The molecule has 6 nitrogen and oxygen atoms in total. The molecule has 178 valence electrons. The Balaban J connectivity index is 1.38. The highest BCUT2D eigenvalue weighted by Crippen LogP contribution is 2.33. The number of hydrogen-bond acceptors (Lipinski definition) is 3. The number of hydrogen-bond donors (Lipinski definition) is 2. The first-order valence-corrected chi connectivity index (χ1v) is 12.2. The number of carbonyl (C=O) groups excluding carboxylic acids is 1. The average Bonchev–Trinajstić information content (AvgIpc) is 3.31. The fraction of sp³-hybridized carbons (Fsp3) is 0.276. The van der Waals surface area contributed by atoms with Crippen LogP contribution in [0.15, 0.2) is 79.1 Å². The number of nitrogens with one attached hydrogen (secondary N) is 1. The third kappa shape index (κ3) is 5.11. The van der Waals surface area contributed by atoms with E-state index < -0.39 is 12.0 Å². The van der Waals surface area contributed by atoms with Crippen molar-refractivity contribution in [2.24, 2.45) is 0 Å². The highest BCUT2D eigenvalue weighted by molar-refractivity contribution is 6.05. The number of aromatic nitrogens is 2. The molecule has 0 spiro atoms. The second kappa shape index (κ2) is 10.1. The molecule has 1 atom stereocenters. The van der Waals surface area contributed by atoms with Gasteiger partial charge in [-0.05, 0) is 60.2 Å². The van der Waals surface area contributed by atoms with E-state index in [1.165, 1.54) is 37.7 Å². The number of benzene rings is 3. The summed E-state index contributed by atoms with van der Waals surface area (Å²) in [5, 5.41) is 12.5. The standard InChI is InChI=1S/C29H29N3O3/c33-28(34)18-26(22-9-5-2-6-10-22)32-19-30-25-16-15-24(17-27(25)32)31-29(35)23-13-11-21(12-14-23)20-7-3-1-4-8-20/h2,5-6,9-17,19-20,26H,1,3-4,7-8,18H2,(H,31,35)(H,33,34). The zero-order chi connectivity index (χ0) is 24.2. The molecule has 0 bridgehead atoms. The Kier molecular flexibility index (Phi) is 6.62. The molecule has 1 aliphatic rings. The van der Waals surface area contributed by atoms with Crippen LogP contribution in [-0.2, 0) is 4.79 Å². The molecule has 0 aliphatic heterocycles. The van der Waals surface area contributed by atoms with Crippen LogP contribution >= 0.6 is 0 Å². The SMILES string of the molecule is O=C(O)CC(c1ccccc1)n1cnc2ccc(NC(=O)c3ccc(C4CCCCC4)cc3)cc21. The number of carbonyl (C=O) groups is 2. The molecule has 2 N–H and O–H groups in total. The Morgan fingerprint density at radius 2 is 1.71 bits per heavy atom. The van der Waals surface area contributed by atoms with Crippen molar-refractivity contribution in [3.05, 3.63) is 95.8 Å². The molecule has 0 radical (unpaired) electrons. The molecule has 1 heterocycles. The van der Waals surface area contributed by atoms with Gasteiger partial charge in [-0.1, -0.05) is 61.7 Å². The van der Waals surface area contributed by atoms with Crippen LogP contribution in [-0.4, -0.2) is 26.5 Å². The zero-order valence-electron chi connectivity index (χ0n) is 19.6. The van der Waals surface area contributed by atoms with E-state index in [9.17, 15) is 14.7 Å². The molecular formula is C29H29N3O3. The van der Waals surface area contributed by atoms with Gasteiger partial charge in [-0.15, -0.1) is 0 Å². The van der Waals surface area contributed by atoms with Gasteiger partial charge in [-0.2, -0.15) is 0 Å². The summed E-state index contributed by atoms with van der Waals surface area (Å²) >= 11 is 0. The van der Waals surface area contributed by atoms with Crippen LogP contribution < -0.4 is 5.32 Å². The summed E-state index contributed by atoms with van der Waals surface area (Å²) in [6, 6.07) is 22.6. The topological polar surface area (TPSA) is 84.2 Å². The van der Waals surface area contributed by atoms with Gasteiger partial charge in [-0.3, -0.25) is 9.59 Å². The average molecular weight is 468 g/mol. The molecule has 0 saturated heterocycles. The fourth-order valence-corrected chi connectivity index (χ4v) is 5.12. The molecule has 4 aromatic rings. The number of carboxylic acid groups (broad SMARTS) is 1. The first kappa shape index (κ1) is 22.8. The summed E-state index contributed by atoms with van der Waals surface area (Å²) in [7, 11) is 0. The second-order valence-electron chi connectivity index (χ2n) is 9.29. The zero-order valence-corrected chi connectivity index (χ0v) is 19.6. The first-order chi connectivity index (χ1) is 17.1. The van der Waals surface area contributed by atoms with Crippen LogP contribution in [0.4, 0.5) is 5.69 Å². The lowest BCUT2D eigenvalue weighted by Crippen LogP contribution is -2.15. The lowest BCUT2D eigenvalue weighted by Gasteiger charge is -2.22. The van der Waals surface area contributed by atoms with E-state index >= 15 is 0 Å². The maximum absolute atomic E-state index is 13.0. The lowest BCUT2D eigenvalue weighted by molar-refractivity contribution is -0.137. The minimum atomic E-state index is -0.887. The van der Waals surface area contributed by atoms with Crippen LogP contribution in [0.3, 0.4) is 0 Å². The largest absolute Gasteiger partial charge is 0.481 e. The number of amides is 1. The van der Waals surface area contributed by atoms with Crippen molar-refractivity contribution >= 4 is 28.6 Å². The molecule has 1 aliphatic carbocycles. The van der Waals surface area contributed by atoms with Crippen molar-refractivity contribution < 1.29 is 14.7 Å². The summed E-state index contributed by atoms with van der Waals surface area (Å²) in [5.41, 5.74) is 4.98. The van der Waals surface area contributed by atoms with Gasteiger partial charge in [0.2, 0.25) is 0 Å². The Morgan fingerprint density at radius 3 is 2.43 bits per heavy atom. The predicted molar refractivity (Wildman–Crippen MR) is 137 cm³/mol. The number of imidazole rings is 1. The van der Waals surface area contributed by atoms with Gasteiger partial charge in [0.1, 0.15) is 0 Å². The number of anilines is 1. The number of aliphatic carboxylic acids is 1. The molecule has 1 saturated carbocycles. The normalized spacial score (nSPS) is 15.1. The van der Waals surface area contributed by atoms with Crippen molar-refractivity contribution in [2.75, 3.05) is 5.32 Å². The number of rotatable bonds is 7. The van der Waals surface area contributed by atoms with Crippen LogP contribution in [0, 0.1) is 0 Å². The Morgan fingerprint density at radius 1 is 0.971 bits per heavy atom. The van der Waals surface area contributed by atoms with Gasteiger partial charge in [0.15, 0.2) is 0 Å². The molecule has 1 fully saturated rings. The van der Waals surface area contributed by atoms with E-state index in [1.54, 1.807) is 6.33 Å². The van der Waals surface area contributed by atoms with E-state index in [1.807, 2.05) is 65.2 Å². The van der Waals surface area contributed by atoms with Crippen LogP contribution in [0.1, 0.15) is 72.0 Å². The number of nitrogens with zero attached hydrogens (tertiary/aromatic N) is 2. The van der Waals surface area contributed by atoms with Crippen LogP contribution in [0.25, 0.3) is 11.0 Å². The van der Waals surface area contributed by atoms with E-state index in [4.69, 9.17) is 0 Å². The Labute approximate surface area is 204 Å². The lowest BCUT2D eigenvalue weighted by atomic mass is 9.84. The van der Waals surface area contributed by atoms with Crippen molar-refractivity contribution in [1.29, 1.82) is 0 Å². The molecule has 3 aromatic carbocycles. The monoisotopic (exact) mass is 467 g/mol. The predicted octanol–water partition coefficient (Wildman–Crippen LogP) is 6.40. The molecular weight excluding hydrogens is 438 g/mol. The minimum Gasteiger partial charge on any atom is -0.481 e. The molecule has 5 rings (SSSR count). The molecule has 1 aromatic heterocycles. The summed E-state index contributed by atoms with van der Waals surface area (Å²) in [6.45, 7) is 0. The Hall–Kier alpha value is -3.93. The maximum Gasteiger partial charge on any atom is 0.305 e. The molecule has 35 heavy (non-hydrogen) atoms. The molecule has 1 amide bonds. The van der Waals surface area contributed by atoms with Crippen molar-refractivity contribution in [1.82, 2.24) is 9.55 Å². The van der Waals surface area contributed by atoms with E-state index in [0.29, 0.717) is 17.2 Å². The highest BCUT2D eigenvalue weighted by Gasteiger charge is 2.20. The quantitative estimate of drug-likeness (QED) is 0.329. The van der Waals surface area contributed by atoms with Gasteiger partial charge in [0.25, 0.3) is 5.91 Å².